The lowest BCUT2D eigenvalue weighted by atomic mass is 10.0. The van der Waals surface area contributed by atoms with Gasteiger partial charge in [0.2, 0.25) is 17.8 Å². The van der Waals surface area contributed by atoms with Gasteiger partial charge in [0.25, 0.3) is 17.4 Å². The highest BCUT2D eigenvalue weighted by Crippen LogP contribution is 2.34. The number of hydrogen-bond donors (Lipinski definition) is 3. The largest absolute Gasteiger partial charge is 0.382 e. The number of aromatic nitrogens is 7. The van der Waals surface area contributed by atoms with Crippen LogP contribution < -0.4 is 26.4 Å². The fourth-order valence-electron chi connectivity index (χ4n) is 9.82. The summed E-state index contributed by atoms with van der Waals surface area (Å²) in [5.41, 5.74) is 3.88. The summed E-state index contributed by atoms with van der Waals surface area (Å²) in [6.07, 6.45) is 9.46. The molecule has 4 aliphatic rings. The number of carbonyl (C=O) groups is 5. The Morgan fingerprint density at radius 2 is 1.55 bits per heavy atom. The van der Waals surface area contributed by atoms with Crippen LogP contribution in [0.1, 0.15) is 93.8 Å². The van der Waals surface area contributed by atoms with Crippen LogP contribution in [0.3, 0.4) is 0 Å². The molecule has 2 saturated heterocycles. The second-order valence-electron chi connectivity index (χ2n) is 18.4. The number of amides is 4. The van der Waals surface area contributed by atoms with E-state index in [4.69, 9.17) is 23.9 Å². The number of nitrogens with zero attached hydrogens (tertiary/aromatic N) is 10. The number of piperidine rings is 1. The van der Waals surface area contributed by atoms with Crippen LogP contribution in [0.5, 0.6) is 0 Å². The molecule has 9 rings (SSSR count). The minimum absolute atomic E-state index is 0.00138. The summed E-state index contributed by atoms with van der Waals surface area (Å²) in [5.74, 6) is -1.51. The van der Waals surface area contributed by atoms with Crippen LogP contribution in [0, 0.1) is 6.92 Å². The molecule has 3 fully saturated rings. The number of rotatable bonds is 24. The third-order valence-electron chi connectivity index (χ3n) is 13.6. The van der Waals surface area contributed by atoms with Gasteiger partial charge in [0, 0.05) is 75.2 Å². The lowest BCUT2D eigenvalue weighted by Gasteiger charge is -2.35. The van der Waals surface area contributed by atoms with E-state index in [1.54, 1.807) is 40.6 Å². The number of imide groups is 2. The molecule has 3 aliphatic heterocycles. The van der Waals surface area contributed by atoms with E-state index >= 15 is 0 Å². The van der Waals surface area contributed by atoms with E-state index in [1.165, 1.54) is 6.92 Å². The second kappa shape index (κ2) is 23.7. The molecular formula is C50H61N13O10. The smallest absolute Gasteiger partial charge is 0.264 e. The molecule has 1 aliphatic carbocycles. The zero-order valence-corrected chi connectivity index (χ0v) is 41.2. The number of Topliss-reactive ketones (excluding diaryl/α,β-unsaturated/α-hetero) is 1. The first-order valence-electron chi connectivity index (χ1n) is 25.0. The Kier molecular flexibility index (Phi) is 16.5. The lowest BCUT2D eigenvalue weighted by Crippen LogP contribution is -2.54. The third-order valence-corrected chi connectivity index (χ3v) is 13.6. The molecule has 23 heteroatoms. The van der Waals surface area contributed by atoms with Gasteiger partial charge < -0.3 is 34.5 Å². The quantitative estimate of drug-likeness (QED) is 0.0456. The van der Waals surface area contributed by atoms with Gasteiger partial charge in [-0.1, -0.05) is 24.1 Å². The number of aryl methyl sites for hydroxylation is 1. The summed E-state index contributed by atoms with van der Waals surface area (Å²) >= 11 is 0. The van der Waals surface area contributed by atoms with E-state index < -0.39 is 29.7 Å². The van der Waals surface area contributed by atoms with Gasteiger partial charge in [-0.15, -0.1) is 5.10 Å². The number of pyridine rings is 2. The summed E-state index contributed by atoms with van der Waals surface area (Å²) < 4.78 is 26.1. The Morgan fingerprint density at radius 1 is 0.822 bits per heavy atom. The Hall–Kier alpha value is -7.05. The molecule has 0 bridgehead atoms. The topological polar surface area (TPSA) is 259 Å². The number of fused-ring (bicyclic) bond motifs is 2. The molecule has 0 spiro atoms. The van der Waals surface area contributed by atoms with Crippen molar-refractivity contribution in [2.24, 2.45) is 0 Å². The first kappa shape index (κ1) is 50.9. The zero-order chi connectivity index (χ0) is 50.8. The number of nitrogens with one attached hydrogen (secondary N) is 3. The van der Waals surface area contributed by atoms with E-state index in [0.717, 1.165) is 68.1 Å². The van der Waals surface area contributed by atoms with Crippen molar-refractivity contribution in [3.8, 4) is 0 Å². The summed E-state index contributed by atoms with van der Waals surface area (Å²) in [6, 6.07) is 7.83. The van der Waals surface area contributed by atoms with Gasteiger partial charge in [-0.05, 0) is 62.9 Å². The van der Waals surface area contributed by atoms with E-state index in [9.17, 15) is 28.8 Å². The molecular weight excluding hydrogens is 943 g/mol. The molecule has 4 amide bonds. The molecule has 1 aromatic carbocycles. The van der Waals surface area contributed by atoms with Crippen LogP contribution in [0.25, 0.3) is 11.0 Å². The average Bonchev–Trinajstić information content (AvgIpc) is 4.14. The van der Waals surface area contributed by atoms with Crippen molar-refractivity contribution < 1.29 is 42.9 Å². The molecule has 1 unspecified atom stereocenters. The number of ketones is 1. The number of piperazine rings is 1. The van der Waals surface area contributed by atoms with Gasteiger partial charge >= 0.3 is 0 Å². The normalized spacial score (nSPS) is 17.5. The minimum atomic E-state index is -1.02. The van der Waals surface area contributed by atoms with Crippen molar-refractivity contribution in [2.45, 2.75) is 77.5 Å². The Labute approximate surface area is 420 Å². The molecule has 5 aromatic rings. The van der Waals surface area contributed by atoms with Crippen LogP contribution >= 0.6 is 0 Å². The summed E-state index contributed by atoms with van der Waals surface area (Å²) in [6.45, 7) is 11.5. The number of hydrogen-bond acceptors (Lipinski definition) is 19. The van der Waals surface area contributed by atoms with Crippen LogP contribution in [-0.2, 0) is 41.6 Å². The highest BCUT2D eigenvalue weighted by molar-refractivity contribution is 6.25. The number of carbonyl (C=O) groups excluding carboxylic acids is 5. The lowest BCUT2D eigenvalue weighted by molar-refractivity contribution is -0.136. The van der Waals surface area contributed by atoms with Crippen LogP contribution in [0.4, 0.5) is 23.1 Å². The first-order chi connectivity index (χ1) is 35.5. The van der Waals surface area contributed by atoms with Gasteiger partial charge in [-0.3, -0.25) is 48.5 Å². The van der Waals surface area contributed by atoms with E-state index in [-0.39, 0.29) is 46.9 Å². The van der Waals surface area contributed by atoms with Crippen molar-refractivity contribution in [3.05, 3.63) is 87.2 Å². The standard InChI is InChI=1S/C50H61N13O10/c1-32-38-29-53-50(56-45(38)62(35-6-3-4-7-35)48(68)43(32)33(2)64)54-41-12-10-36(28-52-41)60-17-15-59(16-18-60)30-34-31-61(58-57-34)19-21-71-23-25-73-27-26-72-24-22-70-20-14-51-39-9-5-8-37-44(39)49(69)63(47(37)67)40-11-13-42(65)55-46(40)66/h5,8-10,12,28-29,31,35,40,51H,3-4,6-7,11,13-27,30H2,1-2H3,(H,55,65,66)(H,52,53,54,56). The fourth-order valence-corrected chi connectivity index (χ4v) is 9.82. The zero-order valence-electron chi connectivity index (χ0n) is 41.2. The summed E-state index contributed by atoms with van der Waals surface area (Å²) in [7, 11) is 0. The van der Waals surface area contributed by atoms with Gasteiger partial charge in [0.15, 0.2) is 5.78 Å². The van der Waals surface area contributed by atoms with Crippen molar-refractivity contribution in [1.29, 1.82) is 0 Å². The van der Waals surface area contributed by atoms with Gasteiger partial charge in [-0.2, -0.15) is 4.98 Å². The maximum Gasteiger partial charge on any atom is 0.264 e. The predicted molar refractivity (Wildman–Crippen MR) is 266 cm³/mol. The molecule has 1 saturated carbocycles. The Morgan fingerprint density at radius 3 is 2.25 bits per heavy atom. The van der Waals surface area contributed by atoms with Crippen LogP contribution in [-0.4, -0.2) is 165 Å². The van der Waals surface area contributed by atoms with Gasteiger partial charge in [0.05, 0.1) is 93.7 Å². The first-order valence-corrected chi connectivity index (χ1v) is 25.0. The minimum Gasteiger partial charge on any atom is -0.382 e. The van der Waals surface area contributed by atoms with Crippen molar-refractivity contribution in [3.63, 3.8) is 0 Å². The molecule has 23 nitrogen and oxygen atoms in total. The molecule has 1 atom stereocenters. The second-order valence-corrected chi connectivity index (χ2v) is 18.4. The number of anilines is 4. The maximum absolute atomic E-state index is 13.6. The van der Waals surface area contributed by atoms with Gasteiger partial charge in [-0.25, -0.2) is 14.6 Å². The van der Waals surface area contributed by atoms with Crippen LogP contribution in [0.15, 0.2) is 53.7 Å². The molecule has 3 N–H and O–H groups in total. The Balaban J connectivity index is 0.605. The van der Waals surface area contributed by atoms with Crippen molar-refractivity contribution >= 4 is 63.6 Å². The maximum atomic E-state index is 13.6. The van der Waals surface area contributed by atoms with E-state index in [0.29, 0.717) is 107 Å². The Bertz CT molecular complexity index is 2880. The molecule has 73 heavy (non-hydrogen) atoms. The number of ether oxygens (including phenoxy) is 4. The molecule has 0 radical (unpaired) electrons. The fraction of sp³-hybridized carbons (Fsp3) is 0.500. The van der Waals surface area contributed by atoms with E-state index in [1.807, 2.05) is 24.5 Å². The predicted octanol–water partition coefficient (Wildman–Crippen LogP) is 3.05. The number of benzene rings is 1. The molecule has 386 valence electrons. The van der Waals surface area contributed by atoms with Crippen molar-refractivity contribution in [1.82, 2.24) is 49.6 Å². The summed E-state index contributed by atoms with van der Waals surface area (Å²) in [5, 5.41) is 17.9. The van der Waals surface area contributed by atoms with Crippen molar-refractivity contribution in [2.75, 3.05) is 101 Å². The van der Waals surface area contributed by atoms with Crippen LogP contribution in [0.2, 0.25) is 0 Å². The average molecular weight is 1000 g/mol. The van der Waals surface area contributed by atoms with Gasteiger partial charge in [0.1, 0.15) is 17.5 Å². The summed E-state index contributed by atoms with van der Waals surface area (Å²) in [4.78, 5) is 95.9. The highest BCUT2D eigenvalue weighted by atomic mass is 16.6. The molecule has 7 heterocycles. The SMILES string of the molecule is CC(=O)c1c(C)c2cnc(Nc3ccc(N4CCN(Cc5cn(CCOCCOCCOCCOCCNc6cccc7c6C(=O)N(C6CCC(=O)NC6=O)C7=O)nn5)CC4)cn3)nc2n(C2CCCC2)c1=O. The third kappa shape index (κ3) is 11.9. The van der Waals surface area contributed by atoms with E-state index in [2.05, 4.69) is 46.0 Å². The highest BCUT2D eigenvalue weighted by Gasteiger charge is 2.45. The molecule has 4 aromatic heterocycles. The monoisotopic (exact) mass is 1000 g/mol.